The predicted octanol–water partition coefficient (Wildman–Crippen LogP) is 3.32. The monoisotopic (exact) mass is 410 g/mol. The van der Waals surface area contributed by atoms with Crippen LogP contribution in [0.5, 0.6) is 0 Å². The summed E-state index contributed by atoms with van der Waals surface area (Å²) in [5.41, 5.74) is 4.75. The van der Waals surface area contributed by atoms with Crippen molar-refractivity contribution < 1.29 is 19.1 Å². The number of ether oxygens (including phenoxy) is 1. The van der Waals surface area contributed by atoms with Crippen LogP contribution in [0.3, 0.4) is 0 Å². The van der Waals surface area contributed by atoms with Crippen molar-refractivity contribution in [2.24, 2.45) is 0 Å². The molecule has 0 saturated heterocycles. The van der Waals surface area contributed by atoms with Crippen LogP contribution in [0.2, 0.25) is 0 Å². The van der Waals surface area contributed by atoms with Crippen molar-refractivity contribution in [3.8, 4) is 0 Å². The Labute approximate surface area is 178 Å². The van der Waals surface area contributed by atoms with Gasteiger partial charge in [-0.25, -0.2) is 0 Å². The molecule has 2 amide bonds. The minimum absolute atomic E-state index is 0.258. The molecule has 0 aliphatic carbocycles. The van der Waals surface area contributed by atoms with Gasteiger partial charge < -0.3 is 15.0 Å². The summed E-state index contributed by atoms with van der Waals surface area (Å²) in [4.78, 5) is 38.3. The molecule has 2 aromatic rings. The molecule has 1 N–H and O–H groups in total. The van der Waals surface area contributed by atoms with Crippen molar-refractivity contribution in [2.75, 3.05) is 19.7 Å². The summed E-state index contributed by atoms with van der Waals surface area (Å²) < 4.78 is 5.07. The van der Waals surface area contributed by atoms with E-state index in [1.54, 1.807) is 17.0 Å². The average Bonchev–Trinajstić information content (AvgIpc) is 2.73. The molecule has 0 bridgehead atoms. The fourth-order valence-corrected chi connectivity index (χ4v) is 2.90. The molecule has 0 fully saturated rings. The average molecular weight is 411 g/mol. The van der Waals surface area contributed by atoms with Gasteiger partial charge in [0, 0.05) is 18.7 Å². The number of carbonyl (C=O) groups is 3. The second-order valence-electron chi connectivity index (χ2n) is 7.44. The van der Waals surface area contributed by atoms with Crippen molar-refractivity contribution in [1.82, 2.24) is 10.2 Å². The second-order valence-corrected chi connectivity index (χ2v) is 7.44. The standard InChI is InChI=1S/C24H30N2O4/c1-5-12-26(15-20-9-6-17(2)7-10-20)22(27)16-30-23(28)14-25-24(29)21-11-8-18(3)19(4)13-21/h6-11,13H,5,12,14-16H2,1-4H3,(H,25,29). The zero-order chi connectivity index (χ0) is 22.1. The van der Waals surface area contributed by atoms with Crippen molar-refractivity contribution in [2.45, 2.75) is 40.7 Å². The maximum Gasteiger partial charge on any atom is 0.325 e. The van der Waals surface area contributed by atoms with Crippen LogP contribution in [0.15, 0.2) is 42.5 Å². The minimum Gasteiger partial charge on any atom is -0.454 e. The Bertz CT molecular complexity index is 891. The van der Waals surface area contributed by atoms with Crippen LogP contribution < -0.4 is 5.32 Å². The van der Waals surface area contributed by atoms with Gasteiger partial charge in [0.1, 0.15) is 6.54 Å². The molecule has 2 aromatic carbocycles. The smallest absolute Gasteiger partial charge is 0.325 e. The molecule has 6 heteroatoms. The molecule has 0 spiro atoms. The minimum atomic E-state index is -0.646. The highest BCUT2D eigenvalue weighted by Gasteiger charge is 2.16. The van der Waals surface area contributed by atoms with Crippen LogP contribution in [0.4, 0.5) is 0 Å². The van der Waals surface area contributed by atoms with Gasteiger partial charge in [0.25, 0.3) is 11.8 Å². The van der Waals surface area contributed by atoms with E-state index in [4.69, 9.17) is 4.74 Å². The summed E-state index contributed by atoms with van der Waals surface area (Å²) in [7, 11) is 0. The Hall–Kier alpha value is -3.15. The third-order valence-corrected chi connectivity index (χ3v) is 4.86. The van der Waals surface area contributed by atoms with Crippen LogP contribution in [0.25, 0.3) is 0 Å². The van der Waals surface area contributed by atoms with Crippen molar-refractivity contribution in [3.63, 3.8) is 0 Å². The largest absolute Gasteiger partial charge is 0.454 e. The van der Waals surface area contributed by atoms with Gasteiger partial charge in [-0.3, -0.25) is 14.4 Å². The third kappa shape index (κ3) is 7.03. The first-order valence-corrected chi connectivity index (χ1v) is 10.1. The molecule has 0 atom stereocenters. The first-order chi connectivity index (χ1) is 14.3. The number of amides is 2. The van der Waals surface area contributed by atoms with E-state index in [1.807, 2.05) is 58.0 Å². The molecule has 160 valence electrons. The van der Waals surface area contributed by atoms with Crippen LogP contribution in [0.1, 0.15) is 46.0 Å². The Kier molecular flexibility index (Phi) is 8.59. The first-order valence-electron chi connectivity index (χ1n) is 10.1. The van der Waals surface area contributed by atoms with Gasteiger partial charge in [0.15, 0.2) is 6.61 Å². The highest BCUT2D eigenvalue weighted by Crippen LogP contribution is 2.10. The molecule has 0 radical (unpaired) electrons. The van der Waals surface area contributed by atoms with Crippen LogP contribution >= 0.6 is 0 Å². The zero-order valence-electron chi connectivity index (χ0n) is 18.2. The molecular formula is C24H30N2O4. The summed E-state index contributed by atoms with van der Waals surface area (Å²) in [6.45, 7) is 8.30. The van der Waals surface area contributed by atoms with Gasteiger partial charge in [0.2, 0.25) is 0 Å². The normalized spacial score (nSPS) is 10.4. The zero-order valence-corrected chi connectivity index (χ0v) is 18.2. The summed E-state index contributed by atoms with van der Waals surface area (Å²) in [5, 5.41) is 2.53. The van der Waals surface area contributed by atoms with Gasteiger partial charge in [-0.15, -0.1) is 0 Å². The number of hydrogen-bond donors (Lipinski definition) is 1. The number of esters is 1. The summed E-state index contributed by atoms with van der Waals surface area (Å²) in [5.74, 6) is -1.26. The predicted molar refractivity (Wildman–Crippen MR) is 116 cm³/mol. The van der Waals surface area contributed by atoms with Gasteiger partial charge in [-0.1, -0.05) is 42.8 Å². The lowest BCUT2D eigenvalue weighted by atomic mass is 10.1. The second kappa shape index (κ2) is 11.1. The van der Waals surface area contributed by atoms with E-state index in [-0.39, 0.29) is 25.0 Å². The molecular weight excluding hydrogens is 380 g/mol. The number of hydrogen-bond acceptors (Lipinski definition) is 4. The molecule has 6 nitrogen and oxygen atoms in total. The van der Waals surface area contributed by atoms with Gasteiger partial charge in [0.05, 0.1) is 0 Å². The van der Waals surface area contributed by atoms with E-state index < -0.39 is 5.97 Å². The van der Waals surface area contributed by atoms with Crippen molar-refractivity contribution in [1.29, 1.82) is 0 Å². The third-order valence-electron chi connectivity index (χ3n) is 4.86. The Morgan fingerprint density at radius 1 is 0.967 bits per heavy atom. The highest BCUT2D eigenvalue weighted by molar-refractivity contribution is 5.96. The summed E-state index contributed by atoms with van der Waals surface area (Å²) in [6, 6.07) is 13.3. The fraction of sp³-hybridized carbons (Fsp3) is 0.375. The quantitative estimate of drug-likeness (QED) is 0.644. The summed E-state index contributed by atoms with van der Waals surface area (Å²) in [6.07, 6.45) is 0.803. The van der Waals surface area contributed by atoms with E-state index in [0.29, 0.717) is 18.7 Å². The van der Waals surface area contributed by atoms with E-state index >= 15 is 0 Å². The maximum absolute atomic E-state index is 12.5. The van der Waals surface area contributed by atoms with Crippen LogP contribution in [-0.2, 0) is 20.9 Å². The molecule has 2 rings (SSSR count). The van der Waals surface area contributed by atoms with Crippen LogP contribution in [0, 0.1) is 20.8 Å². The van der Waals surface area contributed by atoms with Gasteiger partial charge in [-0.05, 0) is 56.0 Å². The molecule has 0 heterocycles. The van der Waals surface area contributed by atoms with E-state index in [0.717, 1.165) is 28.7 Å². The maximum atomic E-state index is 12.5. The lowest BCUT2D eigenvalue weighted by molar-refractivity contribution is -0.151. The molecule has 0 saturated carbocycles. The highest BCUT2D eigenvalue weighted by atomic mass is 16.5. The van der Waals surface area contributed by atoms with E-state index in [9.17, 15) is 14.4 Å². The number of nitrogens with zero attached hydrogens (tertiary/aromatic N) is 1. The van der Waals surface area contributed by atoms with E-state index in [2.05, 4.69) is 5.32 Å². The van der Waals surface area contributed by atoms with Gasteiger partial charge >= 0.3 is 5.97 Å². The fourth-order valence-electron chi connectivity index (χ4n) is 2.90. The summed E-state index contributed by atoms with van der Waals surface area (Å²) >= 11 is 0. The molecule has 0 unspecified atom stereocenters. The van der Waals surface area contributed by atoms with E-state index in [1.165, 1.54) is 0 Å². The molecule has 0 aromatic heterocycles. The van der Waals surface area contributed by atoms with Crippen molar-refractivity contribution >= 4 is 17.8 Å². The lowest BCUT2D eigenvalue weighted by Gasteiger charge is -2.22. The van der Waals surface area contributed by atoms with Crippen molar-refractivity contribution in [3.05, 3.63) is 70.3 Å². The number of nitrogens with one attached hydrogen (secondary N) is 1. The Morgan fingerprint density at radius 2 is 1.67 bits per heavy atom. The number of carbonyl (C=O) groups excluding carboxylic acids is 3. The Morgan fingerprint density at radius 3 is 2.30 bits per heavy atom. The first kappa shape index (κ1) is 23.1. The van der Waals surface area contributed by atoms with Crippen LogP contribution in [-0.4, -0.2) is 42.4 Å². The topological polar surface area (TPSA) is 75.7 Å². The number of benzene rings is 2. The SMILES string of the molecule is CCCN(Cc1ccc(C)cc1)C(=O)COC(=O)CNC(=O)c1ccc(C)c(C)c1. The molecule has 30 heavy (non-hydrogen) atoms. The Balaban J connectivity index is 1.82. The number of aryl methyl sites for hydroxylation is 3. The lowest BCUT2D eigenvalue weighted by Crippen LogP contribution is -2.36. The molecule has 0 aliphatic heterocycles. The molecule has 0 aliphatic rings. The van der Waals surface area contributed by atoms with Gasteiger partial charge in [-0.2, -0.15) is 0 Å². The number of rotatable bonds is 9.